The molecule has 0 radical (unpaired) electrons. The molecule has 170 valence electrons. The monoisotopic (exact) mass is 434 g/mol. The second kappa shape index (κ2) is 12.1. The summed E-state index contributed by atoms with van der Waals surface area (Å²) in [5.74, 6) is -3.91. The highest BCUT2D eigenvalue weighted by atomic mass is 16.7. The molecule has 1 aliphatic rings. The number of carboxylic acid groups (broad SMARTS) is 1. The second-order valence-electron chi connectivity index (χ2n) is 6.44. The van der Waals surface area contributed by atoms with Crippen molar-refractivity contribution in [2.75, 3.05) is 13.2 Å². The summed E-state index contributed by atoms with van der Waals surface area (Å²) in [7, 11) is 0. The van der Waals surface area contributed by atoms with E-state index >= 15 is 0 Å². The molecule has 1 heterocycles. The molecule has 0 unspecified atom stereocenters. The van der Waals surface area contributed by atoms with Gasteiger partial charge >= 0.3 is 29.8 Å². The van der Waals surface area contributed by atoms with Crippen molar-refractivity contribution in [3.05, 3.63) is 0 Å². The number of carboxylic acids is 1. The van der Waals surface area contributed by atoms with Crippen LogP contribution in [0.2, 0.25) is 0 Å². The van der Waals surface area contributed by atoms with E-state index in [1.165, 1.54) is 0 Å². The maximum Gasteiger partial charge on any atom is 0.303 e. The predicted molar refractivity (Wildman–Crippen MR) is 94.8 cm³/mol. The lowest BCUT2D eigenvalue weighted by Gasteiger charge is -2.44. The number of hydrogen-bond acceptors (Lipinski definition) is 11. The fourth-order valence-corrected chi connectivity index (χ4v) is 2.75. The van der Waals surface area contributed by atoms with Gasteiger partial charge in [-0.2, -0.15) is 0 Å². The molecule has 12 nitrogen and oxygen atoms in total. The van der Waals surface area contributed by atoms with Crippen LogP contribution in [0.25, 0.3) is 0 Å². The van der Waals surface area contributed by atoms with Gasteiger partial charge in [-0.3, -0.25) is 24.0 Å². The van der Waals surface area contributed by atoms with Gasteiger partial charge < -0.3 is 33.5 Å². The summed E-state index contributed by atoms with van der Waals surface area (Å²) in [5, 5.41) is 8.73. The Morgan fingerprint density at radius 2 is 1.33 bits per heavy atom. The molecule has 1 fully saturated rings. The normalized spacial score (nSPS) is 25.7. The van der Waals surface area contributed by atoms with E-state index in [0.29, 0.717) is 0 Å². The van der Waals surface area contributed by atoms with E-state index in [-0.39, 0.29) is 26.1 Å². The largest absolute Gasteiger partial charge is 0.481 e. The van der Waals surface area contributed by atoms with Gasteiger partial charge in [-0.15, -0.1) is 0 Å². The third kappa shape index (κ3) is 8.74. The first kappa shape index (κ1) is 25.3. The van der Waals surface area contributed by atoms with Crippen LogP contribution in [0.3, 0.4) is 0 Å². The zero-order valence-electron chi connectivity index (χ0n) is 17.2. The van der Waals surface area contributed by atoms with Crippen LogP contribution in [0, 0.1) is 0 Å². The van der Waals surface area contributed by atoms with Crippen LogP contribution in [-0.4, -0.2) is 78.9 Å². The van der Waals surface area contributed by atoms with Gasteiger partial charge in [0, 0.05) is 34.1 Å². The van der Waals surface area contributed by atoms with E-state index in [0.717, 1.165) is 27.7 Å². The molecule has 1 N–H and O–H groups in total. The molecule has 1 saturated heterocycles. The van der Waals surface area contributed by atoms with Crippen LogP contribution in [0.4, 0.5) is 0 Å². The first-order valence-electron chi connectivity index (χ1n) is 9.15. The zero-order valence-corrected chi connectivity index (χ0v) is 17.2. The van der Waals surface area contributed by atoms with Crippen molar-refractivity contribution in [2.24, 2.45) is 0 Å². The van der Waals surface area contributed by atoms with Crippen molar-refractivity contribution in [2.45, 2.75) is 71.2 Å². The number of aliphatic carboxylic acids is 1. The maximum atomic E-state index is 11.7. The average molecular weight is 434 g/mol. The Balaban J connectivity index is 3.17. The van der Waals surface area contributed by atoms with Crippen LogP contribution >= 0.6 is 0 Å². The van der Waals surface area contributed by atoms with Crippen molar-refractivity contribution < 1.29 is 57.5 Å². The molecule has 5 atom stereocenters. The highest BCUT2D eigenvalue weighted by Crippen LogP contribution is 2.30. The molecule has 30 heavy (non-hydrogen) atoms. The molecule has 1 aliphatic heterocycles. The van der Waals surface area contributed by atoms with Crippen LogP contribution in [0.1, 0.15) is 40.5 Å². The molecule has 0 aromatic heterocycles. The SMILES string of the molecule is CC(=O)OC[C@H]1O[C@H](OCCCC(=O)O)[C@@H](OC(C)=O)[C@@H](OC(C)=O)[C@@H]1OC(C)=O. The van der Waals surface area contributed by atoms with Crippen molar-refractivity contribution in [1.29, 1.82) is 0 Å². The fourth-order valence-electron chi connectivity index (χ4n) is 2.75. The highest BCUT2D eigenvalue weighted by Gasteiger charge is 2.52. The molecule has 0 aromatic carbocycles. The standard InChI is InChI=1S/C18H26O12/c1-9(19)26-8-13-15(27-10(2)20)16(28-11(3)21)17(29-12(4)22)18(30-13)25-7-5-6-14(23)24/h13,15-18H,5-8H2,1-4H3,(H,23,24)/t13-,15-,16+,17+,18+/m1/s1. The summed E-state index contributed by atoms with van der Waals surface area (Å²) in [6.07, 6.45) is -6.39. The van der Waals surface area contributed by atoms with Gasteiger partial charge in [0.15, 0.2) is 24.6 Å². The lowest BCUT2D eigenvalue weighted by molar-refractivity contribution is -0.308. The minimum absolute atomic E-state index is 0.0833. The van der Waals surface area contributed by atoms with Crippen LogP contribution in [0.5, 0.6) is 0 Å². The minimum Gasteiger partial charge on any atom is -0.481 e. The molecule has 1 rings (SSSR count). The molecule has 0 aromatic rings. The Bertz CT molecular complexity index is 645. The van der Waals surface area contributed by atoms with E-state index in [4.69, 9.17) is 33.5 Å². The van der Waals surface area contributed by atoms with Crippen molar-refractivity contribution >= 4 is 29.8 Å². The highest BCUT2D eigenvalue weighted by molar-refractivity contribution is 5.68. The molecular weight excluding hydrogens is 408 g/mol. The quantitative estimate of drug-likeness (QED) is 0.278. The zero-order chi connectivity index (χ0) is 22.8. The Morgan fingerprint density at radius 1 is 0.800 bits per heavy atom. The smallest absolute Gasteiger partial charge is 0.303 e. The topological polar surface area (TPSA) is 161 Å². The third-order valence-corrected chi connectivity index (χ3v) is 3.77. The Labute approximate surface area is 172 Å². The first-order chi connectivity index (χ1) is 14.0. The fraction of sp³-hybridized carbons (Fsp3) is 0.722. The van der Waals surface area contributed by atoms with Crippen LogP contribution < -0.4 is 0 Å². The maximum absolute atomic E-state index is 11.7. The lowest BCUT2D eigenvalue weighted by atomic mass is 9.98. The van der Waals surface area contributed by atoms with E-state index in [9.17, 15) is 24.0 Å². The molecule has 0 amide bonds. The summed E-state index contributed by atoms with van der Waals surface area (Å²) in [5.41, 5.74) is 0. The van der Waals surface area contributed by atoms with Gasteiger partial charge in [0.2, 0.25) is 0 Å². The van der Waals surface area contributed by atoms with Gasteiger partial charge in [0.1, 0.15) is 12.7 Å². The van der Waals surface area contributed by atoms with E-state index in [1.54, 1.807) is 0 Å². The number of carbonyl (C=O) groups is 5. The average Bonchev–Trinajstić information content (AvgIpc) is 2.60. The van der Waals surface area contributed by atoms with Crippen LogP contribution in [-0.2, 0) is 52.4 Å². The van der Waals surface area contributed by atoms with Gasteiger partial charge in [0.05, 0.1) is 6.61 Å². The molecule has 0 spiro atoms. The summed E-state index contributed by atoms with van der Waals surface area (Å²) in [6, 6.07) is 0. The Kier molecular flexibility index (Phi) is 10.2. The van der Waals surface area contributed by atoms with E-state index < -0.39 is 60.6 Å². The molecule has 0 bridgehead atoms. The van der Waals surface area contributed by atoms with Gasteiger partial charge in [-0.1, -0.05) is 0 Å². The van der Waals surface area contributed by atoms with Crippen molar-refractivity contribution in [1.82, 2.24) is 0 Å². The number of ether oxygens (including phenoxy) is 6. The molecular formula is C18H26O12. The number of hydrogen-bond donors (Lipinski definition) is 1. The summed E-state index contributed by atoms with van der Waals surface area (Å²) < 4.78 is 31.8. The first-order valence-corrected chi connectivity index (χ1v) is 9.15. The van der Waals surface area contributed by atoms with Gasteiger partial charge in [-0.25, -0.2) is 0 Å². The number of carbonyl (C=O) groups excluding carboxylic acids is 4. The summed E-state index contributed by atoms with van der Waals surface area (Å²) >= 11 is 0. The molecule has 0 saturated carbocycles. The summed E-state index contributed by atoms with van der Waals surface area (Å²) in [6.45, 7) is 4.04. The lowest BCUT2D eigenvalue weighted by Crippen LogP contribution is -2.63. The molecule has 0 aliphatic carbocycles. The predicted octanol–water partition coefficient (Wildman–Crippen LogP) is -0.0491. The summed E-state index contributed by atoms with van der Waals surface area (Å²) in [4.78, 5) is 56.7. The number of rotatable bonds is 10. The van der Waals surface area contributed by atoms with Crippen molar-refractivity contribution in [3.63, 3.8) is 0 Å². The third-order valence-electron chi connectivity index (χ3n) is 3.77. The van der Waals surface area contributed by atoms with Crippen molar-refractivity contribution in [3.8, 4) is 0 Å². The minimum atomic E-state index is -1.32. The second-order valence-corrected chi connectivity index (χ2v) is 6.44. The van der Waals surface area contributed by atoms with Gasteiger partial charge in [-0.05, 0) is 6.42 Å². The Hall–Kier alpha value is -2.73. The molecule has 12 heteroatoms. The van der Waals surface area contributed by atoms with E-state index in [2.05, 4.69) is 0 Å². The van der Waals surface area contributed by atoms with E-state index in [1.807, 2.05) is 0 Å². The van der Waals surface area contributed by atoms with Crippen LogP contribution in [0.15, 0.2) is 0 Å². The Morgan fingerprint density at radius 3 is 1.83 bits per heavy atom. The number of esters is 4. The van der Waals surface area contributed by atoms with Gasteiger partial charge in [0.25, 0.3) is 0 Å².